The van der Waals surface area contributed by atoms with E-state index >= 15 is 0 Å². The number of benzene rings is 1. The van der Waals surface area contributed by atoms with Gasteiger partial charge in [-0.1, -0.05) is 11.6 Å². The maximum absolute atomic E-state index is 13.5. The number of carboxylic acid groups (broad SMARTS) is 1. The van der Waals surface area contributed by atoms with Gasteiger partial charge in [0.25, 0.3) is 0 Å². The van der Waals surface area contributed by atoms with Gasteiger partial charge in [-0.05, 0) is 43.2 Å². The SMILES string of the molecule is O=C[C@H](C(=O)N1CCC[C@H](C(=O)O)C1)c1ccc2c(-c3ccc(F)cc3Cl)cc(=O)oc2n1. The number of carbonyl (C=O) groups is 3. The fourth-order valence-corrected chi connectivity index (χ4v) is 4.26. The molecule has 1 N–H and O–H groups in total. The molecule has 8 nitrogen and oxygen atoms in total. The first kappa shape index (κ1) is 22.6. The summed E-state index contributed by atoms with van der Waals surface area (Å²) in [5.41, 5.74) is -0.0411. The lowest BCUT2D eigenvalue weighted by molar-refractivity contribution is -0.146. The van der Waals surface area contributed by atoms with Gasteiger partial charge in [-0.15, -0.1) is 0 Å². The number of halogens is 2. The topological polar surface area (TPSA) is 118 Å². The molecular weight excluding hydrogens is 455 g/mol. The molecule has 0 aliphatic carbocycles. The van der Waals surface area contributed by atoms with E-state index in [9.17, 15) is 28.7 Å². The van der Waals surface area contributed by atoms with Crippen molar-refractivity contribution in [1.82, 2.24) is 9.88 Å². The monoisotopic (exact) mass is 472 g/mol. The quantitative estimate of drug-likeness (QED) is 0.447. The smallest absolute Gasteiger partial charge is 0.338 e. The summed E-state index contributed by atoms with van der Waals surface area (Å²) < 4.78 is 18.7. The third-order valence-electron chi connectivity index (χ3n) is 5.66. The average molecular weight is 473 g/mol. The van der Waals surface area contributed by atoms with Crippen LogP contribution in [0, 0.1) is 11.7 Å². The minimum absolute atomic E-state index is 0.00832. The predicted molar refractivity (Wildman–Crippen MR) is 116 cm³/mol. The summed E-state index contributed by atoms with van der Waals surface area (Å²) in [6, 6.07) is 7.93. The molecule has 3 heterocycles. The first-order valence-corrected chi connectivity index (χ1v) is 10.5. The van der Waals surface area contributed by atoms with Crippen molar-refractivity contribution < 1.29 is 28.3 Å². The van der Waals surface area contributed by atoms with Crippen LogP contribution in [0.1, 0.15) is 24.5 Å². The van der Waals surface area contributed by atoms with Crippen molar-refractivity contribution in [3.05, 3.63) is 63.4 Å². The fraction of sp³-hybridized carbons (Fsp3) is 0.261. The number of nitrogens with zero attached hydrogens (tertiary/aromatic N) is 2. The van der Waals surface area contributed by atoms with Gasteiger partial charge in [0.15, 0.2) is 0 Å². The standard InChI is InChI=1S/C23H18ClFN2O6/c24-18-8-13(25)3-4-14(18)16-9-20(29)33-21-15(16)5-6-19(26-21)17(11-28)22(30)27-7-1-2-12(10-27)23(31)32/h3-6,8-9,11-12,17H,1-2,7,10H2,(H,31,32)/t12-,17-/m0/s1. The summed E-state index contributed by atoms with van der Waals surface area (Å²) in [4.78, 5) is 53.9. The van der Waals surface area contributed by atoms with Crippen LogP contribution in [-0.2, 0) is 14.4 Å². The number of pyridine rings is 1. The Balaban J connectivity index is 1.72. The van der Waals surface area contributed by atoms with Gasteiger partial charge in [0.2, 0.25) is 11.6 Å². The Morgan fingerprint density at radius 2 is 2.03 bits per heavy atom. The van der Waals surface area contributed by atoms with Crippen LogP contribution in [0.5, 0.6) is 0 Å². The summed E-state index contributed by atoms with van der Waals surface area (Å²) >= 11 is 6.15. The second-order valence-corrected chi connectivity index (χ2v) is 8.17. The number of likely N-dealkylation sites (tertiary alicyclic amines) is 1. The fourth-order valence-electron chi connectivity index (χ4n) is 3.99. The average Bonchev–Trinajstić information content (AvgIpc) is 2.79. The summed E-state index contributed by atoms with van der Waals surface area (Å²) in [5, 5.41) is 9.73. The number of piperidine rings is 1. The van der Waals surface area contributed by atoms with Crippen molar-refractivity contribution in [2.24, 2.45) is 5.92 Å². The number of aldehydes is 1. The highest BCUT2D eigenvalue weighted by atomic mass is 35.5. The number of rotatable bonds is 5. The molecule has 1 fully saturated rings. The molecule has 1 aliphatic rings. The van der Waals surface area contributed by atoms with Gasteiger partial charge < -0.3 is 19.2 Å². The van der Waals surface area contributed by atoms with Crippen LogP contribution in [0.15, 0.2) is 45.6 Å². The van der Waals surface area contributed by atoms with E-state index in [2.05, 4.69) is 4.98 Å². The van der Waals surface area contributed by atoms with Crippen LogP contribution < -0.4 is 5.63 Å². The van der Waals surface area contributed by atoms with Crippen molar-refractivity contribution in [1.29, 1.82) is 0 Å². The van der Waals surface area contributed by atoms with E-state index in [0.29, 0.717) is 42.2 Å². The number of aliphatic carboxylic acids is 1. The lowest BCUT2D eigenvalue weighted by Gasteiger charge is -2.32. The van der Waals surface area contributed by atoms with E-state index in [1.807, 2.05) is 0 Å². The molecule has 1 aliphatic heterocycles. The number of carboxylic acids is 1. The Morgan fingerprint density at radius 1 is 1.24 bits per heavy atom. The van der Waals surface area contributed by atoms with E-state index in [1.165, 1.54) is 35.2 Å². The number of amides is 1. The van der Waals surface area contributed by atoms with Crippen LogP contribution in [0.2, 0.25) is 5.02 Å². The zero-order valence-electron chi connectivity index (χ0n) is 17.2. The molecule has 3 aromatic rings. The number of carbonyl (C=O) groups excluding carboxylic acids is 2. The van der Waals surface area contributed by atoms with Crippen molar-refractivity contribution in [3.63, 3.8) is 0 Å². The van der Waals surface area contributed by atoms with E-state index in [1.54, 1.807) is 0 Å². The minimum atomic E-state index is -1.29. The molecular formula is C23H18ClFN2O6. The Morgan fingerprint density at radius 3 is 2.73 bits per heavy atom. The molecule has 1 aromatic carbocycles. The summed E-state index contributed by atoms with van der Waals surface area (Å²) in [6.07, 6.45) is 1.40. The van der Waals surface area contributed by atoms with Crippen LogP contribution >= 0.6 is 11.6 Å². The molecule has 33 heavy (non-hydrogen) atoms. The van der Waals surface area contributed by atoms with Crippen molar-refractivity contribution in [3.8, 4) is 11.1 Å². The largest absolute Gasteiger partial charge is 0.481 e. The maximum atomic E-state index is 13.5. The van der Waals surface area contributed by atoms with Gasteiger partial charge in [0.1, 0.15) is 18.0 Å². The number of hydrogen-bond acceptors (Lipinski definition) is 6. The van der Waals surface area contributed by atoms with E-state index in [0.717, 1.165) is 6.07 Å². The van der Waals surface area contributed by atoms with Crippen LogP contribution in [0.25, 0.3) is 22.2 Å². The second-order valence-electron chi connectivity index (χ2n) is 7.77. The minimum Gasteiger partial charge on any atom is -0.481 e. The first-order chi connectivity index (χ1) is 15.8. The molecule has 0 spiro atoms. The molecule has 2 aromatic heterocycles. The zero-order chi connectivity index (χ0) is 23.7. The van der Waals surface area contributed by atoms with E-state index in [4.69, 9.17) is 16.0 Å². The van der Waals surface area contributed by atoms with Gasteiger partial charge in [0, 0.05) is 35.7 Å². The summed E-state index contributed by atoms with van der Waals surface area (Å²) in [6.45, 7) is 0.344. The normalized spacial score (nSPS) is 17.0. The highest BCUT2D eigenvalue weighted by molar-refractivity contribution is 6.33. The second kappa shape index (κ2) is 9.11. The Hall–Kier alpha value is -3.59. The highest BCUT2D eigenvalue weighted by Crippen LogP contribution is 2.33. The maximum Gasteiger partial charge on any atom is 0.338 e. The molecule has 4 rings (SSSR count). The van der Waals surface area contributed by atoms with Gasteiger partial charge in [-0.25, -0.2) is 14.2 Å². The van der Waals surface area contributed by atoms with Gasteiger partial charge in [-0.3, -0.25) is 9.59 Å². The summed E-state index contributed by atoms with van der Waals surface area (Å²) in [5.74, 6) is -4.08. The highest BCUT2D eigenvalue weighted by Gasteiger charge is 2.33. The molecule has 0 radical (unpaired) electrons. The molecule has 170 valence electrons. The molecule has 2 atom stereocenters. The predicted octanol–water partition coefficient (Wildman–Crippen LogP) is 3.25. The van der Waals surface area contributed by atoms with Gasteiger partial charge >= 0.3 is 11.6 Å². The van der Waals surface area contributed by atoms with Crippen molar-refractivity contribution in [2.45, 2.75) is 18.8 Å². The van der Waals surface area contributed by atoms with E-state index < -0.39 is 35.2 Å². The van der Waals surface area contributed by atoms with Crippen LogP contribution in [0.4, 0.5) is 4.39 Å². The molecule has 0 bridgehead atoms. The number of hydrogen-bond donors (Lipinski definition) is 1. The molecule has 0 saturated carbocycles. The van der Waals surface area contributed by atoms with Gasteiger partial charge in [0.05, 0.1) is 16.6 Å². The van der Waals surface area contributed by atoms with E-state index in [-0.39, 0.29) is 23.0 Å². The third-order valence-corrected chi connectivity index (χ3v) is 5.97. The number of aromatic nitrogens is 1. The van der Waals surface area contributed by atoms with Crippen LogP contribution in [0.3, 0.4) is 0 Å². The lowest BCUT2D eigenvalue weighted by Crippen LogP contribution is -2.44. The Bertz CT molecular complexity index is 1320. The Labute approximate surface area is 191 Å². The Kier molecular flexibility index (Phi) is 6.24. The first-order valence-electron chi connectivity index (χ1n) is 10.2. The lowest BCUT2D eigenvalue weighted by atomic mass is 9.95. The number of fused-ring (bicyclic) bond motifs is 1. The molecule has 0 unspecified atom stereocenters. The molecule has 10 heteroatoms. The molecule has 1 saturated heterocycles. The zero-order valence-corrected chi connectivity index (χ0v) is 17.9. The molecule has 1 amide bonds. The van der Waals surface area contributed by atoms with Gasteiger partial charge in [-0.2, -0.15) is 0 Å². The third kappa shape index (κ3) is 4.49. The summed E-state index contributed by atoms with van der Waals surface area (Å²) in [7, 11) is 0. The van der Waals surface area contributed by atoms with Crippen LogP contribution in [-0.4, -0.2) is 46.2 Å². The van der Waals surface area contributed by atoms with Crippen molar-refractivity contribution >= 4 is 40.9 Å². The van der Waals surface area contributed by atoms with Crippen molar-refractivity contribution in [2.75, 3.05) is 13.1 Å².